The zero-order valence-corrected chi connectivity index (χ0v) is 12.2. The minimum absolute atomic E-state index is 0.313. The molecule has 3 atom stereocenters. The van der Waals surface area contributed by atoms with Crippen molar-refractivity contribution in [2.24, 2.45) is 0 Å². The van der Waals surface area contributed by atoms with Gasteiger partial charge in [-0.3, -0.25) is 0 Å². The third kappa shape index (κ3) is 3.33. The fourth-order valence-corrected chi connectivity index (χ4v) is 5.41. The van der Waals surface area contributed by atoms with Gasteiger partial charge in [-0.1, -0.05) is 13.0 Å². The molecule has 1 fully saturated rings. The molecule has 100 valence electrons. The number of nitrogens with zero attached hydrogens (tertiary/aromatic N) is 1. The second-order valence-electron chi connectivity index (χ2n) is 4.47. The lowest BCUT2D eigenvalue weighted by atomic mass is 10.0. The topological polar surface area (TPSA) is 59.1 Å². The standard InChI is InChI=1S/C13H20N2OS2/c1-2-11-12(18-7-6-17-11)10(16)8-9-4-3-5-15-13(9)14/h3-5,10-12,16H,2,6-8H2,1H3,(H2,14,15). The lowest BCUT2D eigenvalue weighted by Gasteiger charge is -2.33. The summed E-state index contributed by atoms with van der Waals surface area (Å²) in [6.45, 7) is 2.20. The predicted molar refractivity (Wildman–Crippen MR) is 81.1 cm³/mol. The van der Waals surface area contributed by atoms with Crippen LogP contribution >= 0.6 is 23.5 Å². The Morgan fingerprint density at radius 1 is 1.50 bits per heavy atom. The second kappa shape index (κ2) is 6.68. The van der Waals surface area contributed by atoms with Crippen LogP contribution in [0.4, 0.5) is 5.82 Å². The van der Waals surface area contributed by atoms with Crippen molar-refractivity contribution in [3.8, 4) is 0 Å². The summed E-state index contributed by atoms with van der Waals surface area (Å²) < 4.78 is 0. The van der Waals surface area contributed by atoms with Crippen LogP contribution in [0.2, 0.25) is 0 Å². The van der Waals surface area contributed by atoms with E-state index in [2.05, 4.69) is 11.9 Å². The number of anilines is 1. The number of hydrogen-bond donors (Lipinski definition) is 2. The van der Waals surface area contributed by atoms with Crippen molar-refractivity contribution in [3.05, 3.63) is 23.9 Å². The lowest BCUT2D eigenvalue weighted by Crippen LogP contribution is -2.37. The van der Waals surface area contributed by atoms with Crippen LogP contribution < -0.4 is 5.73 Å². The number of aromatic nitrogens is 1. The van der Waals surface area contributed by atoms with Gasteiger partial charge in [0.15, 0.2) is 0 Å². The van der Waals surface area contributed by atoms with Crippen LogP contribution in [0.1, 0.15) is 18.9 Å². The van der Waals surface area contributed by atoms with Crippen LogP contribution in [-0.2, 0) is 6.42 Å². The molecule has 1 aromatic heterocycles. The molecule has 1 aliphatic rings. The van der Waals surface area contributed by atoms with Crippen molar-refractivity contribution in [3.63, 3.8) is 0 Å². The van der Waals surface area contributed by atoms with Crippen molar-refractivity contribution < 1.29 is 5.11 Å². The Balaban J connectivity index is 2.02. The highest BCUT2D eigenvalue weighted by Crippen LogP contribution is 2.36. The average Bonchev–Trinajstić information content (AvgIpc) is 2.41. The summed E-state index contributed by atoms with van der Waals surface area (Å²) in [6.07, 6.45) is 3.07. The van der Waals surface area contributed by atoms with Crippen molar-refractivity contribution in [2.45, 2.75) is 36.4 Å². The fourth-order valence-electron chi connectivity index (χ4n) is 2.26. The first-order valence-corrected chi connectivity index (χ1v) is 8.42. The zero-order chi connectivity index (χ0) is 13.0. The Hall–Kier alpha value is -0.390. The molecule has 0 radical (unpaired) electrons. The third-order valence-corrected chi connectivity index (χ3v) is 6.62. The molecule has 18 heavy (non-hydrogen) atoms. The molecule has 1 aromatic rings. The molecular weight excluding hydrogens is 264 g/mol. The smallest absolute Gasteiger partial charge is 0.126 e. The Kier molecular flexibility index (Phi) is 5.21. The molecule has 0 aliphatic carbocycles. The van der Waals surface area contributed by atoms with Crippen molar-refractivity contribution >= 4 is 29.3 Å². The minimum Gasteiger partial charge on any atom is -0.392 e. The van der Waals surface area contributed by atoms with Crippen molar-refractivity contribution in [1.29, 1.82) is 0 Å². The number of aliphatic hydroxyl groups is 1. The SMILES string of the molecule is CCC1SCCSC1C(O)Cc1cccnc1N. The van der Waals surface area contributed by atoms with Gasteiger partial charge in [-0.05, 0) is 18.1 Å². The van der Waals surface area contributed by atoms with Gasteiger partial charge in [-0.2, -0.15) is 23.5 Å². The number of pyridine rings is 1. The number of rotatable bonds is 4. The minimum atomic E-state index is -0.334. The van der Waals surface area contributed by atoms with E-state index in [1.165, 1.54) is 5.75 Å². The molecule has 1 aliphatic heterocycles. The van der Waals surface area contributed by atoms with Gasteiger partial charge in [0, 0.05) is 34.6 Å². The summed E-state index contributed by atoms with van der Waals surface area (Å²) >= 11 is 3.88. The zero-order valence-electron chi connectivity index (χ0n) is 10.6. The Labute approximate surface area is 117 Å². The van der Waals surface area contributed by atoms with Gasteiger partial charge in [0.2, 0.25) is 0 Å². The summed E-state index contributed by atoms with van der Waals surface area (Å²) in [5, 5.41) is 11.3. The number of nitrogens with two attached hydrogens (primary N) is 1. The largest absolute Gasteiger partial charge is 0.392 e. The fraction of sp³-hybridized carbons (Fsp3) is 0.615. The van der Waals surface area contributed by atoms with E-state index in [0.717, 1.165) is 17.7 Å². The molecule has 3 nitrogen and oxygen atoms in total. The van der Waals surface area contributed by atoms with Gasteiger partial charge in [0.25, 0.3) is 0 Å². The highest BCUT2D eigenvalue weighted by atomic mass is 32.2. The van der Waals surface area contributed by atoms with Gasteiger partial charge < -0.3 is 10.8 Å². The normalized spacial score (nSPS) is 25.9. The predicted octanol–water partition coefficient (Wildman–Crippen LogP) is 2.19. The maximum atomic E-state index is 10.4. The van der Waals surface area contributed by atoms with E-state index in [-0.39, 0.29) is 6.10 Å². The molecule has 0 saturated carbocycles. The molecule has 2 rings (SSSR count). The van der Waals surface area contributed by atoms with Crippen LogP contribution in [0.3, 0.4) is 0 Å². The first-order chi connectivity index (χ1) is 8.72. The summed E-state index contributed by atoms with van der Waals surface area (Å²) in [5.74, 6) is 2.87. The highest BCUT2D eigenvalue weighted by Gasteiger charge is 2.31. The maximum Gasteiger partial charge on any atom is 0.126 e. The van der Waals surface area contributed by atoms with E-state index in [1.807, 2.05) is 35.7 Å². The monoisotopic (exact) mass is 284 g/mol. The summed E-state index contributed by atoms with van der Waals surface area (Å²) in [7, 11) is 0. The molecule has 3 unspecified atom stereocenters. The Morgan fingerprint density at radius 3 is 3.00 bits per heavy atom. The summed E-state index contributed by atoms with van der Waals surface area (Å²) in [5.41, 5.74) is 6.79. The van der Waals surface area contributed by atoms with E-state index < -0.39 is 0 Å². The van der Waals surface area contributed by atoms with Crippen LogP contribution in [-0.4, -0.2) is 38.2 Å². The quantitative estimate of drug-likeness (QED) is 0.887. The van der Waals surface area contributed by atoms with E-state index in [4.69, 9.17) is 5.73 Å². The van der Waals surface area contributed by atoms with E-state index in [1.54, 1.807) is 6.20 Å². The average molecular weight is 284 g/mol. The maximum absolute atomic E-state index is 10.4. The molecule has 1 saturated heterocycles. The molecule has 0 bridgehead atoms. The molecular formula is C13H20N2OS2. The van der Waals surface area contributed by atoms with E-state index >= 15 is 0 Å². The molecule has 0 amide bonds. The first-order valence-electron chi connectivity index (χ1n) is 6.33. The Bertz CT molecular complexity index is 389. The number of hydrogen-bond acceptors (Lipinski definition) is 5. The molecule has 5 heteroatoms. The number of thioether (sulfide) groups is 2. The molecule has 0 spiro atoms. The highest BCUT2D eigenvalue weighted by molar-refractivity contribution is 8.07. The summed E-state index contributed by atoms with van der Waals surface area (Å²) in [6, 6.07) is 3.83. The Morgan fingerprint density at radius 2 is 2.28 bits per heavy atom. The van der Waals surface area contributed by atoms with Crippen LogP contribution in [0.5, 0.6) is 0 Å². The van der Waals surface area contributed by atoms with Crippen molar-refractivity contribution in [1.82, 2.24) is 4.98 Å². The molecule has 2 heterocycles. The van der Waals surface area contributed by atoms with Crippen molar-refractivity contribution in [2.75, 3.05) is 17.2 Å². The van der Waals surface area contributed by atoms with Crippen LogP contribution in [0.15, 0.2) is 18.3 Å². The van der Waals surface area contributed by atoms with Gasteiger partial charge in [0.1, 0.15) is 5.82 Å². The van der Waals surface area contributed by atoms with Gasteiger partial charge in [-0.25, -0.2) is 4.98 Å². The van der Waals surface area contributed by atoms with Gasteiger partial charge in [0.05, 0.1) is 6.10 Å². The van der Waals surface area contributed by atoms with E-state index in [0.29, 0.717) is 22.7 Å². The van der Waals surface area contributed by atoms with Gasteiger partial charge in [-0.15, -0.1) is 0 Å². The first kappa shape index (κ1) is 14.0. The lowest BCUT2D eigenvalue weighted by molar-refractivity contribution is 0.169. The van der Waals surface area contributed by atoms with Gasteiger partial charge >= 0.3 is 0 Å². The molecule has 0 aromatic carbocycles. The number of nitrogen functional groups attached to an aromatic ring is 1. The summed E-state index contributed by atoms with van der Waals surface area (Å²) in [4.78, 5) is 4.07. The molecule has 3 N–H and O–H groups in total. The van der Waals surface area contributed by atoms with E-state index in [9.17, 15) is 5.11 Å². The second-order valence-corrected chi connectivity index (χ2v) is 7.11. The number of aliphatic hydroxyl groups excluding tert-OH is 1. The van der Waals surface area contributed by atoms with Crippen LogP contribution in [0.25, 0.3) is 0 Å². The van der Waals surface area contributed by atoms with Crippen LogP contribution in [0, 0.1) is 0 Å². The third-order valence-electron chi connectivity index (χ3n) is 3.23.